The number of benzene rings is 1. The minimum atomic E-state index is -0.624. The highest BCUT2D eigenvalue weighted by atomic mass is 35.5. The van der Waals surface area contributed by atoms with Gasteiger partial charge in [0.1, 0.15) is 29.8 Å². The molecule has 0 spiro atoms. The maximum absolute atomic E-state index is 13.4. The number of esters is 1. The van der Waals surface area contributed by atoms with Crippen LogP contribution in [-0.2, 0) is 24.3 Å². The van der Waals surface area contributed by atoms with Crippen LogP contribution in [0.2, 0.25) is 5.02 Å². The summed E-state index contributed by atoms with van der Waals surface area (Å²) in [7, 11) is 1.31. The standard InChI is InChI=1S/C17H15ClFN3O3/c1-24-17(23)15-13(21-22-5-3-2-4-14(15)22)9-25-16-10(8-20)6-11(19)7-12(16)18/h6-7H,2-5,9H2,1H3. The Labute approximate surface area is 148 Å². The second-order valence-electron chi connectivity index (χ2n) is 5.60. The number of hydrogen-bond acceptors (Lipinski definition) is 5. The summed E-state index contributed by atoms with van der Waals surface area (Å²) in [5, 5.41) is 13.5. The summed E-state index contributed by atoms with van der Waals surface area (Å²) >= 11 is 5.98. The molecular formula is C17H15ClFN3O3. The molecule has 0 amide bonds. The van der Waals surface area contributed by atoms with Crippen LogP contribution in [0.5, 0.6) is 5.75 Å². The molecule has 1 aliphatic heterocycles. The lowest BCUT2D eigenvalue weighted by atomic mass is 10.1. The molecule has 3 rings (SSSR count). The van der Waals surface area contributed by atoms with E-state index in [1.807, 2.05) is 6.07 Å². The lowest BCUT2D eigenvalue weighted by molar-refractivity contribution is 0.0596. The van der Waals surface area contributed by atoms with E-state index in [4.69, 9.17) is 26.3 Å². The van der Waals surface area contributed by atoms with Crippen LogP contribution in [0.1, 0.15) is 40.2 Å². The monoisotopic (exact) mass is 363 g/mol. The predicted molar refractivity (Wildman–Crippen MR) is 87.0 cm³/mol. The first-order chi connectivity index (χ1) is 12.0. The number of ether oxygens (including phenoxy) is 2. The molecule has 0 atom stereocenters. The van der Waals surface area contributed by atoms with Gasteiger partial charge in [-0.05, 0) is 31.4 Å². The first-order valence-corrected chi connectivity index (χ1v) is 8.11. The number of hydrogen-bond donors (Lipinski definition) is 0. The third-order valence-electron chi connectivity index (χ3n) is 4.04. The largest absolute Gasteiger partial charge is 0.484 e. The van der Waals surface area contributed by atoms with Gasteiger partial charge in [-0.25, -0.2) is 9.18 Å². The van der Waals surface area contributed by atoms with Crippen LogP contribution in [0.15, 0.2) is 12.1 Å². The predicted octanol–water partition coefficient (Wildman–Crippen LogP) is 3.25. The Morgan fingerprint density at radius 2 is 2.28 bits per heavy atom. The maximum atomic E-state index is 13.4. The number of rotatable bonds is 4. The van der Waals surface area contributed by atoms with Crippen molar-refractivity contribution >= 4 is 17.6 Å². The molecule has 0 saturated carbocycles. The average molecular weight is 364 g/mol. The van der Waals surface area contributed by atoms with Gasteiger partial charge in [-0.1, -0.05) is 11.6 Å². The number of nitriles is 1. The van der Waals surface area contributed by atoms with Crippen LogP contribution in [0.4, 0.5) is 4.39 Å². The third-order valence-corrected chi connectivity index (χ3v) is 4.32. The summed E-state index contributed by atoms with van der Waals surface area (Å²) in [6.07, 6.45) is 2.69. The van der Waals surface area contributed by atoms with Gasteiger partial charge in [-0.3, -0.25) is 4.68 Å². The van der Waals surface area contributed by atoms with Crippen LogP contribution in [-0.4, -0.2) is 22.9 Å². The van der Waals surface area contributed by atoms with E-state index >= 15 is 0 Å². The fraction of sp³-hybridized carbons (Fsp3) is 0.353. The van der Waals surface area contributed by atoms with Gasteiger partial charge < -0.3 is 9.47 Å². The maximum Gasteiger partial charge on any atom is 0.341 e. The van der Waals surface area contributed by atoms with Gasteiger partial charge in [0.25, 0.3) is 0 Å². The van der Waals surface area contributed by atoms with Crippen molar-refractivity contribution in [2.24, 2.45) is 0 Å². The minimum absolute atomic E-state index is 0.0138. The van der Waals surface area contributed by atoms with Gasteiger partial charge in [0, 0.05) is 6.54 Å². The zero-order chi connectivity index (χ0) is 18.0. The average Bonchev–Trinajstić information content (AvgIpc) is 2.97. The van der Waals surface area contributed by atoms with E-state index in [0.717, 1.165) is 43.6 Å². The number of aromatic nitrogens is 2. The molecular weight excluding hydrogens is 349 g/mol. The molecule has 1 aromatic carbocycles. The van der Waals surface area contributed by atoms with E-state index in [1.54, 1.807) is 4.68 Å². The van der Waals surface area contributed by atoms with Crippen molar-refractivity contribution in [3.8, 4) is 11.8 Å². The Hall–Kier alpha value is -2.59. The first kappa shape index (κ1) is 17.2. The molecule has 0 unspecified atom stereocenters. The van der Waals surface area contributed by atoms with Crippen molar-refractivity contribution in [2.45, 2.75) is 32.4 Å². The SMILES string of the molecule is COC(=O)c1c(COc2c(Cl)cc(F)cc2C#N)nn2c1CCCC2. The van der Waals surface area contributed by atoms with Crippen molar-refractivity contribution in [2.75, 3.05) is 7.11 Å². The first-order valence-electron chi connectivity index (χ1n) is 7.74. The molecule has 2 aromatic rings. The van der Waals surface area contributed by atoms with Gasteiger partial charge in [0.2, 0.25) is 0 Å². The molecule has 0 fully saturated rings. The van der Waals surface area contributed by atoms with Crippen LogP contribution in [0.3, 0.4) is 0 Å². The highest BCUT2D eigenvalue weighted by Crippen LogP contribution is 2.31. The summed E-state index contributed by atoms with van der Waals surface area (Å²) < 4.78 is 25.6. The van der Waals surface area contributed by atoms with Gasteiger partial charge in [0.05, 0.1) is 23.4 Å². The molecule has 130 valence electrons. The van der Waals surface area contributed by atoms with Crippen LogP contribution >= 0.6 is 11.6 Å². The van der Waals surface area contributed by atoms with Gasteiger partial charge in [-0.2, -0.15) is 10.4 Å². The van der Waals surface area contributed by atoms with Gasteiger partial charge in [-0.15, -0.1) is 0 Å². The molecule has 6 nitrogen and oxygen atoms in total. The van der Waals surface area contributed by atoms with E-state index < -0.39 is 11.8 Å². The lowest BCUT2D eigenvalue weighted by Crippen LogP contribution is -2.14. The molecule has 0 radical (unpaired) electrons. The quantitative estimate of drug-likeness (QED) is 0.779. The van der Waals surface area contributed by atoms with Gasteiger partial charge >= 0.3 is 5.97 Å². The van der Waals surface area contributed by atoms with Crippen molar-refractivity contribution in [1.82, 2.24) is 9.78 Å². The molecule has 1 aromatic heterocycles. The Balaban J connectivity index is 1.93. The smallest absolute Gasteiger partial charge is 0.341 e. The Morgan fingerprint density at radius 1 is 1.48 bits per heavy atom. The topological polar surface area (TPSA) is 77.1 Å². The molecule has 8 heteroatoms. The van der Waals surface area contributed by atoms with Crippen molar-refractivity contribution in [3.63, 3.8) is 0 Å². The lowest BCUT2D eigenvalue weighted by Gasteiger charge is -2.13. The summed E-state index contributed by atoms with van der Waals surface area (Å²) in [6.45, 7) is 0.643. The fourth-order valence-electron chi connectivity index (χ4n) is 2.91. The number of methoxy groups -OCH3 is 1. The van der Waals surface area contributed by atoms with Crippen LogP contribution in [0.25, 0.3) is 0 Å². The molecule has 0 bridgehead atoms. The zero-order valence-corrected chi connectivity index (χ0v) is 14.3. The highest BCUT2D eigenvalue weighted by Gasteiger charge is 2.26. The molecule has 0 N–H and O–H groups in total. The van der Waals surface area contributed by atoms with E-state index in [1.165, 1.54) is 7.11 Å². The molecule has 25 heavy (non-hydrogen) atoms. The summed E-state index contributed by atoms with van der Waals surface area (Å²) in [4.78, 5) is 12.2. The minimum Gasteiger partial charge on any atom is -0.484 e. The normalized spacial score (nSPS) is 13.0. The number of carbonyl (C=O) groups excluding carboxylic acids is 1. The van der Waals surface area contributed by atoms with Crippen molar-refractivity contribution < 1.29 is 18.7 Å². The van der Waals surface area contributed by atoms with Crippen molar-refractivity contribution in [3.05, 3.63) is 45.5 Å². The van der Waals surface area contributed by atoms with E-state index in [-0.39, 0.29) is 22.9 Å². The zero-order valence-electron chi connectivity index (χ0n) is 13.5. The van der Waals surface area contributed by atoms with E-state index in [0.29, 0.717) is 11.3 Å². The number of carbonyl (C=O) groups is 1. The third kappa shape index (κ3) is 3.30. The fourth-order valence-corrected chi connectivity index (χ4v) is 3.17. The number of halogens is 2. The number of fused-ring (bicyclic) bond motifs is 1. The second-order valence-corrected chi connectivity index (χ2v) is 6.01. The number of aryl methyl sites for hydroxylation is 1. The van der Waals surface area contributed by atoms with E-state index in [9.17, 15) is 9.18 Å². The Morgan fingerprint density at radius 3 is 3.00 bits per heavy atom. The summed E-state index contributed by atoms with van der Waals surface area (Å²) in [6, 6.07) is 3.95. The van der Waals surface area contributed by atoms with E-state index in [2.05, 4.69) is 5.10 Å². The highest BCUT2D eigenvalue weighted by molar-refractivity contribution is 6.32. The summed E-state index contributed by atoms with van der Waals surface area (Å²) in [5.74, 6) is -1.04. The van der Waals surface area contributed by atoms with Crippen molar-refractivity contribution in [1.29, 1.82) is 5.26 Å². The van der Waals surface area contributed by atoms with Gasteiger partial charge in [0.15, 0.2) is 5.75 Å². The second kappa shape index (κ2) is 7.11. The Bertz CT molecular complexity index is 873. The Kier molecular flexibility index (Phi) is 4.91. The molecule has 0 aliphatic carbocycles. The molecule has 1 aliphatic rings. The molecule has 0 saturated heterocycles. The molecule has 2 heterocycles. The summed E-state index contributed by atoms with van der Waals surface area (Å²) in [5.41, 5.74) is 1.60. The van der Waals surface area contributed by atoms with Crippen LogP contribution in [0, 0.1) is 17.1 Å². The number of nitrogens with zero attached hydrogens (tertiary/aromatic N) is 3. The van der Waals surface area contributed by atoms with Crippen LogP contribution < -0.4 is 4.74 Å².